The van der Waals surface area contributed by atoms with Crippen molar-refractivity contribution in [3.63, 3.8) is 0 Å². The van der Waals surface area contributed by atoms with E-state index in [2.05, 4.69) is 20.8 Å². The molecule has 0 fully saturated rings. The van der Waals surface area contributed by atoms with Crippen LogP contribution in [0.5, 0.6) is 0 Å². The van der Waals surface area contributed by atoms with Crippen LogP contribution in [0.15, 0.2) is 0 Å². The molecule has 0 aliphatic carbocycles. The molecule has 0 aromatic heterocycles. The molecule has 0 amide bonds. The summed E-state index contributed by atoms with van der Waals surface area (Å²) < 4.78 is 15.7. The predicted octanol–water partition coefficient (Wildman–Crippen LogP) is 1.43. The summed E-state index contributed by atoms with van der Waals surface area (Å²) in [4.78, 5) is 0. The van der Waals surface area contributed by atoms with Crippen LogP contribution < -0.4 is 5.73 Å². The van der Waals surface area contributed by atoms with Crippen molar-refractivity contribution in [1.29, 1.82) is 0 Å². The Balaban J connectivity index is 3.21. The molecule has 98 valence electrons. The summed E-state index contributed by atoms with van der Waals surface area (Å²) >= 11 is 0. The van der Waals surface area contributed by atoms with E-state index in [0.717, 1.165) is 6.42 Å². The van der Waals surface area contributed by atoms with Gasteiger partial charge in [-0.05, 0) is 11.8 Å². The lowest BCUT2D eigenvalue weighted by Gasteiger charge is -2.26. The normalized spacial score (nSPS) is 14.1. The van der Waals surface area contributed by atoms with Gasteiger partial charge in [0.25, 0.3) is 0 Å². The molecule has 0 saturated heterocycles. The van der Waals surface area contributed by atoms with Gasteiger partial charge >= 0.3 is 0 Å². The maximum atomic E-state index is 5.96. The maximum Gasteiger partial charge on any atom is 0.0700 e. The van der Waals surface area contributed by atoms with Crippen LogP contribution in [-0.4, -0.2) is 46.2 Å². The number of hydrogen-bond acceptors (Lipinski definition) is 4. The zero-order valence-corrected chi connectivity index (χ0v) is 11.1. The largest absolute Gasteiger partial charge is 0.382 e. The van der Waals surface area contributed by atoms with Gasteiger partial charge in [0.2, 0.25) is 0 Å². The first kappa shape index (κ1) is 15.8. The molecule has 0 rings (SSSR count). The third-order valence-corrected chi connectivity index (χ3v) is 2.42. The standard InChI is InChI=1S/C12H27NO3/c1-12(2,3)11(13)10-16-7-5-6-15-9-8-14-4/h11H,5-10,13H2,1-4H3. The first-order valence-corrected chi connectivity index (χ1v) is 5.88. The van der Waals surface area contributed by atoms with E-state index in [-0.39, 0.29) is 11.5 Å². The van der Waals surface area contributed by atoms with Crippen LogP contribution in [-0.2, 0) is 14.2 Å². The van der Waals surface area contributed by atoms with Crippen molar-refractivity contribution in [3.05, 3.63) is 0 Å². The molecule has 0 aromatic rings. The van der Waals surface area contributed by atoms with Crippen molar-refractivity contribution >= 4 is 0 Å². The van der Waals surface area contributed by atoms with Gasteiger partial charge in [-0.2, -0.15) is 0 Å². The molecule has 0 bridgehead atoms. The average Bonchev–Trinajstić information content (AvgIpc) is 2.20. The van der Waals surface area contributed by atoms with E-state index in [4.69, 9.17) is 19.9 Å². The highest BCUT2D eigenvalue weighted by molar-refractivity contribution is 4.76. The molecule has 4 nitrogen and oxygen atoms in total. The van der Waals surface area contributed by atoms with Gasteiger partial charge in [0, 0.05) is 26.4 Å². The van der Waals surface area contributed by atoms with E-state index in [1.165, 1.54) is 0 Å². The molecule has 0 radical (unpaired) electrons. The molecule has 2 N–H and O–H groups in total. The van der Waals surface area contributed by atoms with Gasteiger partial charge in [0.15, 0.2) is 0 Å². The van der Waals surface area contributed by atoms with E-state index in [1.54, 1.807) is 7.11 Å². The van der Waals surface area contributed by atoms with Crippen LogP contribution >= 0.6 is 0 Å². The van der Waals surface area contributed by atoms with Crippen molar-refractivity contribution in [2.75, 3.05) is 40.1 Å². The molecule has 16 heavy (non-hydrogen) atoms. The second-order valence-corrected chi connectivity index (χ2v) is 5.01. The van der Waals surface area contributed by atoms with Crippen LogP contribution in [0.4, 0.5) is 0 Å². The highest BCUT2D eigenvalue weighted by Crippen LogP contribution is 2.17. The molecule has 1 unspecified atom stereocenters. The summed E-state index contributed by atoms with van der Waals surface area (Å²) in [6, 6.07) is 0.0851. The van der Waals surface area contributed by atoms with Crippen LogP contribution in [0, 0.1) is 5.41 Å². The van der Waals surface area contributed by atoms with E-state index in [0.29, 0.717) is 33.0 Å². The van der Waals surface area contributed by atoms with Gasteiger partial charge in [0.05, 0.1) is 19.8 Å². The van der Waals surface area contributed by atoms with Gasteiger partial charge in [-0.15, -0.1) is 0 Å². The third-order valence-electron chi connectivity index (χ3n) is 2.42. The average molecular weight is 233 g/mol. The van der Waals surface area contributed by atoms with Gasteiger partial charge in [-0.1, -0.05) is 20.8 Å². The number of ether oxygens (including phenoxy) is 3. The monoisotopic (exact) mass is 233 g/mol. The highest BCUT2D eigenvalue weighted by Gasteiger charge is 2.20. The van der Waals surface area contributed by atoms with E-state index in [1.807, 2.05) is 0 Å². The minimum absolute atomic E-state index is 0.0851. The Bertz CT molecular complexity index is 157. The SMILES string of the molecule is COCCOCCCOCC(N)C(C)(C)C. The Morgan fingerprint density at radius 3 is 2.19 bits per heavy atom. The van der Waals surface area contributed by atoms with E-state index < -0.39 is 0 Å². The number of rotatable bonds is 9. The van der Waals surface area contributed by atoms with Crippen LogP contribution in [0.2, 0.25) is 0 Å². The topological polar surface area (TPSA) is 53.7 Å². The Labute approximate surface area is 99.4 Å². The lowest BCUT2D eigenvalue weighted by atomic mass is 9.88. The van der Waals surface area contributed by atoms with E-state index >= 15 is 0 Å². The fourth-order valence-corrected chi connectivity index (χ4v) is 0.968. The third kappa shape index (κ3) is 9.09. The summed E-state index contributed by atoms with van der Waals surface area (Å²) in [7, 11) is 1.67. The van der Waals surface area contributed by atoms with Gasteiger partial charge < -0.3 is 19.9 Å². The quantitative estimate of drug-likeness (QED) is 0.612. The van der Waals surface area contributed by atoms with Crippen molar-refractivity contribution < 1.29 is 14.2 Å². The number of hydrogen-bond donors (Lipinski definition) is 1. The Hall–Kier alpha value is -0.160. The first-order chi connectivity index (χ1) is 7.48. The van der Waals surface area contributed by atoms with Crippen molar-refractivity contribution in [2.45, 2.75) is 33.2 Å². The predicted molar refractivity (Wildman–Crippen MR) is 65.6 cm³/mol. The lowest BCUT2D eigenvalue weighted by molar-refractivity contribution is 0.0429. The van der Waals surface area contributed by atoms with Crippen molar-refractivity contribution in [3.8, 4) is 0 Å². The summed E-state index contributed by atoms with van der Waals surface area (Å²) in [6.07, 6.45) is 0.903. The Morgan fingerprint density at radius 2 is 1.62 bits per heavy atom. The Kier molecular flexibility index (Phi) is 8.84. The zero-order chi connectivity index (χ0) is 12.4. The summed E-state index contributed by atoms with van der Waals surface area (Å²) in [5.74, 6) is 0. The smallest absolute Gasteiger partial charge is 0.0700 e. The molecular weight excluding hydrogens is 206 g/mol. The molecule has 0 saturated carbocycles. The van der Waals surface area contributed by atoms with Crippen LogP contribution in [0.3, 0.4) is 0 Å². The fourth-order valence-electron chi connectivity index (χ4n) is 0.968. The summed E-state index contributed by atoms with van der Waals surface area (Å²) in [6.45, 7) is 9.69. The van der Waals surface area contributed by atoms with E-state index in [9.17, 15) is 0 Å². The molecule has 0 aliphatic rings. The number of nitrogens with two attached hydrogens (primary N) is 1. The molecule has 0 heterocycles. The molecular formula is C12H27NO3. The van der Waals surface area contributed by atoms with Gasteiger partial charge in [-0.3, -0.25) is 0 Å². The molecule has 1 atom stereocenters. The Morgan fingerprint density at radius 1 is 1.00 bits per heavy atom. The molecule has 0 aromatic carbocycles. The fraction of sp³-hybridized carbons (Fsp3) is 1.00. The van der Waals surface area contributed by atoms with Gasteiger partial charge in [0.1, 0.15) is 0 Å². The van der Waals surface area contributed by atoms with Gasteiger partial charge in [-0.25, -0.2) is 0 Å². The van der Waals surface area contributed by atoms with Crippen LogP contribution in [0.25, 0.3) is 0 Å². The summed E-state index contributed by atoms with van der Waals surface area (Å²) in [5, 5.41) is 0. The second kappa shape index (κ2) is 8.93. The van der Waals surface area contributed by atoms with Crippen molar-refractivity contribution in [1.82, 2.24) is 0 Å². The second-order valence-electron chi connectivity index (χ2n) is 5.01. The molecule has 0 aliphatic heterocycles. The number of methoxy groups -OCH3 is 1. The first-order valence-electron chi connectivity index (χ1n) is 5.88. The van der Waals surface area contributed by atoms with Crippen molar-refractivity contribution in [2.24, 2.45) is 11.1 Å². The zero-order valence-electron chi connectivity index (χ0n) is 11.1. The van der Waals surface area contributed by atoms with Crippen LogP contribution in [0.1, 0.15) is 27.2 Å². The maximum absolute atomic E-state index is 5.96. The minimum atomic E-state index is 0.0851. The highest BCUT2D eigenvalue weighted by atomic mass is 16.5. The summed E-state index contributed by atoms with van der Waals surface area (Å²) in [5.41, 5.74) is 6.06. The minimum Gasteiger partial charge on any atom is -0.382 e. The molecule has 4 heteroatoms. The molecule has 0 spiro atoms. The lowest BCUT2D eigenvalue weighted by Crippen LogP contribution is -2.39.